The van der Waals surface area contributed by atoms with Gasteiger partial charge in [0.15, 0.2) is 0 Å². The third-order valence-corrected chi connectivity index (χ3v) is 1.98. The molecule has 0 atom stereocenters. The van der Waals surface area contributed by atoms with E-state index < -0.39 is 0 Å². The first-order valence-electron chi connectivity index (χ1n) is 4.58. The molecule has 0 spiro atoms. The van der Waals surface area contributed by atoms with E-state index in [0.717, 1.165) is 12.8 Å². The van der Waals surface area contributed by atoms with Crippen LogP contribution in [0.3, 0.4) is 0 Å². The van der Waals surface area contributed by atoms with Gasteiger partial charge >= 0.3 is 6.03 Å². The molecule has 3 heteroatoms. The van der Waals surface area contributed by atoms with Gasteiger partial charge < -0.3 is 10.6 Å². The van der Waals surface area contributed by atoms with E-state index in [-0.39, 0.29) is 11.4 Å². The average molecular weight is 184 g/mol. The molecule has 0 aliphatic carbocycles. The van der Waals surface area contributed by atoms with Gasteiger partial charge in [-0.15, -0.1) is 6.58 Å². The van der Waals surface area contributed by atoms with E-state index in [1.165, 1.54) is 0 Å². The Bertz CT molecular complexity index is 176. The summed E-state index contributed by atoms with van der Waals surface area (Å²) in [6, 6.07) is -0.119. The summed E-state index contributed by atoms with van der Waals surface area (Å²) in [6.45, 7) is 8.63. The number of hydrogen-bond donors (Lipinski definition) is 2. The third kappa shape index (κ3) is 6.20. The maximum absolute atomic E-state index is 10.9. The van der Waals surface area contributed by atoms with Gasteiger partial charge in [0.25, 0.3) is 0 Å². The molecule has 0 aromatic carbocycles. The van der Waals surface area contributed by atoms with E-state index in [9.17, 15) is 4.79 Å². The van der Waals surface area contributed by atoms with Crippen LogP contribution in [0, 0.1) is 5.41 Å². The molecule has 0 saturated heterocycles. The lowest BCUT2D eigenvalue weighted by atomic mass is 9.88. The summed E-state index contributed by atoms with van der Waals surface area (Å²) in [6.07, 6.45) is 3.94. The number of hydrogen-bond acceptors (Lipinski definition) is 1. The summed E-state index contributed by atoms with van der Waals surface area (Å²) < 4.78 is 0. The smallest absolute Gasteiger partial charge is 0.314 e. The van der Waals surface area contributed by atoms with E-state index in [2.05, 4.69) is 31.1 Å². The van der Waals surface area contributed by atoms with Crippen molar-refractivity contribution in [2.24, 2.45) is 5.41 Å². The zero-order valence-electron chi connectivity index (χ0n) is 8.81. The highest BCUT2D eigenvalue weighted by molar-refractivity contribution is 5.73. The molecule has 0 fully saturated rings. The highest BCUT2D eigenvalue weighted by Gasteiger charge is 2.17. The maximum atomic E-state index is 10.9. The van der Waals surface area contributed by atoms with Crippen molar-refractivity contribution in [3.63, 3.8) is 0 Å². The van der Waals surface area contributed by atoms with Gasteiger partial charge in [0, 0.05) is 13.6 Å². The van der Waals surface area contributed by atoms with E-state index >= 15 is 0 Å². The molecule has 0 bridgehead atoms. The lowest BCUT2D eigenvalue weighted by Gasteiger charge is -2.24. The van der Waals surface area contributed by atoms with Crippen molar-refractivity contribution < 1.29 is 4.79 Å². The van der Waals surface area contributed by atoms with Crippen molar-refractivity contribution in [1.29, 1.82) is 0 Å². The van der Waals surface area contributed by atoms with Crippen LogP contribution < -0.4 is 10.6 Å². The Labute approximate surface area is 80.6 Å². The Hall–Kier alpha value is -0.990. The van der Waals surface area contributed by atoms with Crippen LogP contribution in [0.1, 0.15) is 26.7 Å². The summed E-state index contributed by atoms with van der Waals surface area (Å²) >= 11 is 0. The Balaban J connectivity index is 3.73. The van der Waals surface area contributed by atoms with Gasteiger partial charge in [0.1, 0.15) is 0 Å². The lowest BCUT2D eigenvalue weighted by Crippen LogP contribution is -2.39. The van der Waals surface area contributed by atoms with E-state index in [1.807, 2.05) is 6.08 Å². The molecular weight excluding hydrogens is 164 g/mol. The zero-order chi connectivity index (χ0) is 10.3. The molecule has 0 aliphatic heterocycles. The minimum atomic E-state index is -0.119. The van der Waals surface area contributed by atoms with Crippen LogP contribution in [0.15, 0.2) is 12.7 Å². The van der Waals surface area contributed by atoms with Gasteiger partial charge in [-0.2, -0.15) is 0 Å². The van der Waals surface area contributed by atoms with Gasteiger partial charge in [-0.25, -0.2) is 4.79 Å². The van der Waals surface area contributed by atoms with Crippen LogP contribution in [-0.4, -0.2) is 19.6 Å². The van der Waals surface area contributed by atoms with Crippen LogP contribution in [0.25, 0.3) is 0 Å². The van der Waals surface area contributed by atoms with Crippen LogP contribution in [0.5, 0.6) is 0 Å². The summed E-state index contributed by atoms with van der Waals surface area (Å²) in [5.74, 6) is 0. The Morgan fingerprint density at radius 2 is 2.15 bits per heavy atom. The van der Waals surface area contributed by atoms with Gasteiger partial charge in [-0.05, 0) is 18.3 Å². The van der Waals surface area contributed by atoms with Crippen LogP contribution in [0.4, 0.5) is 4.79 Å². The fourth-order valence-electron chi connectivity index (χ4n) is 0.989. The molecule has 2 amide bonds. The fourth-order valence-corrected chi connectivity index (χ4v) is 0.989. The number of nitrogens with one attached hydrogen (secondary N) is 2. The Kier molecular flexibility index (Phi) is 5.19. The minimum Gasteiger partial charge on any atom is -0.341 e. The van der Waals surface area contributed by atoms with Gasteiger partial charge in [0.2, 0.25) is 0 Å². The number of carbonyl (C=O) groups is 1. The van der Waals surface area contributed by atoms with Crippen molar-refractivity contribution in [2.75, 3.05) is 13.6 Å². The number of rotatable bonds is 5. The topological polar surface area (TPSA) is 41.1 Å². The van der Waals surface area contributed by atoms with Crippen LogP contribution >= 0.6 is 0 Å². The molecule has 0 rings (SSSR count). The predicted octanol–water partition coefficient (Wildman–Crippen LogP) is 1.91. The molecule has 0 aliphatic rings. The molecule has 0 heterocycles. The second kappa shape index (κ2) is 5.62. The van der Waals surface area contributed by atoms with E-state index in [4.69, 9.17) is 0 Å². The molecule has 0 aromatic rings. The maximum Gasteiger partial charge on any atom is 0.314 e. The average Bonchev–Trinajstić information content (AvgIpc) is 2.11. The minimum absolute atomic E-state index is 0.119. The Morgan fingerprint density at radius 1 is 1.54 bits per heavy atom. The molecule has 76 valence electrons. The second-order valence-corrected chi connectivity index (χ2v) is 3.92. The van der Waals surface area contributed by atoms with Crippen molar-refractivity contribution in [2.45, 2.75) is 26.7 Å². The highest BCUT2D eigenvalue weighted by Crippen LogP contribution is 2.20. The quantitative estimate of drug-likeness (QED) is 0.630. The van der Waals surface area contributed by atoms with E-state index in [1.54, 1.807) is 7.05 Å². The summed E-state index contributed by atoms with van der Waals surface area (Å²) in [5, 5.41) is 5.32. The van der Waals surface area contributed by atoms with Crippen molar-refractivity contribution in [1.82, 2.24) is 10.6 Å². The molecule has 0 radical (unpaired) electrons. The SMILES string of the molecule is C=CCCC(C)(C)CNC(=O)NC. The van der Waals surface area contributed by atoms with Gasteiger partial charge in [-0.3, -0.25) is 0 Å². The monoisotopic (exact) mass is 184 g/mol. The standard InChI is InChI=1S/C10H20N2O/c1-5-6-7-10(2,3)8-12-9(13)11-4/h5H,1,6-8H2,2-4H3,(H2,11,12,13). The summed E-state index contributed by atoms with van der Waals surface area (Å²) in [5.41, 5.74) is 0.140. The van der Waals surface area contributed by atoms with Crippen molar-refractivity contribution >= 4 is 6.03 Å². The molecule has 3 nitrogen and oxygen atoms in total. The number of carbonyl (C=O) groups excluding carboxylic acids is 1. The van der Waals surface area contributed by atoms with Crippen LogP contribution in [0.2, 0.25) is 0 Å². The Morgan fingerprint density at radius 3 is 2.62 bits per heavy atom. The van der Waals surface area contributed by atoms with Gasteiger partial charge in [-0.1, -0.05) is 19.9 Å². The first kappa shape index (κ1) is 12.0. The molecule has 0 aromatic heterocycles. The first-order chi connectivity index (χ1) is 6.02. The second-order valence-electron chi connectivity index (χ2n) is 3.92. The number of allylic oxidation sites excluding steroid dienone is 1. The summed E-state index contributed by atoms with van der Waals surface area (Å²) in [4.78, 5) is 10.9. The molecule has 0 saturated carbocycles. The highest BCUT2D eigenvalue weighted by atomic mass is 16.2. The fraction of sp³-hybridized carbons (Fsp3) is 0.700. The number of urea groups is 1. The third-order valence-electron chi connectivity index (χ3n) is 1.98. The lowest BCUT2D eigenvalue weighted by molar-refractivity contribution is 0.234. The summed E-state index contributed by atoms with van der Waals surface area (Å²) in [7, 11) is 1.62. The largest absolute Gasteiger partial charge is 0.341 e. The first-order valence-corrected chi connectivity index (χ1v) is 4.58. The number of amides is 2. The molecule has 2 N–H and O–H groups in total. The zero-order valence-corrected chi connectivity index (χ0v) is 8.81. The van der Waals surface area contributed by atoms with Gasteiger partial charge in [0.05, 0.1) is 0 Å². The van der Waals surface area contributed by atoms with Crippen LogP contribution in [-0.2, 0) is 0 Å². The molecule has 0 unspecified atom stereocenters. The predicted molar refractivity (Wildman–Crippen MR) is 55.7 cm³/mol. The van der Waals surface area contributed by atoms with E-state index in [0.29, 0.717) is 6.54 Å². The molecular formula is C10H20N2O. The molecule has 13 heavy (non-hydrogen) atoms. The normalized spacial score (nSPS) is 10.7. The van der Waals surface area contributed by atoms with Crippen molar-refractivity contribution in [3.8, 4) is 0 Å². The van der Waals surface area contributed by atoms with Crippen molar-refractivity contribution in [3.05, 3.63) is 12.7 Å².